The molecule has 0 fully saturated rings. The number of carboxylic acid groups (broad SMARTS) is 1. The Morgan fingerprint density at radius 2 is 1.46 bits per heavy atom. The van der Waals surface area contributed by atoms with E-state index in [2.05, 4.69) is 5.32 Å². The van der Waals surface area contributed by atoms with Gasteiger partial charge in [-0.25, -0.2) is 0 Å². The summed E-state index contributed by atoms with van der Waals surface area (Å²) in [6, 6.07) is 14.0. The van der Waals surface area contributed by atoms with Crippen molar-refractivity contribution in [2.75, 3.05) is 20.6 Å². The van der Waals surface area contributed by atoms with Crippen LogP contribution >= 0.6 is 11.6 Å². The highest BCUT2D eigenvalue weighted by molar-refractivity contribution is 6.30. The van der Waals surface area contributed by atoms with E-state index in [1.807, 2.05) is 30.3 Å². The molecule has 0 aromatic heterocycles. The molecule has 0 saturated carbocycles. The molecule has 2 aromatic rings. The lowest BCUT2D eigenvalue weighted by atomic mass is 9.94. The molecule has 12 heteroatoms. The van der Waals surface area contributed by atoms with Crippen LogP contribution in [0.1, 0.15) is 58.1 Å². The molecular formula is C34H47ClN4O7. The van der Waals surface area contributed by atoms with Crippen LogP contribution in [-0.4, -0.2) is 88.9 Å². The van der Waals surface area contributed by atoms with Gasteiger partial charge in [0, 0.05) is 44.2 Å². The number of aliphatic carboxylic acids is 1. The summed E-state index contributed by atoms with van der Waals surface area (Å²) < 4.78 is 5.30. The number of carbonyl (C=O) groups is 5. The van der Waals surface area contributed by atoms with Gasteiger partial charge in [0.05, 0.1) is 24.8 Å². The van der Waals surface area contributed by atoms with Crippen LogP contribution in [0.2, 0.25) is 5.02 Å². The lowest BCUT2D eigenvalue weighted by Crippen LogP contribution is -2.50. The molecule has 3 amide bonds. The summed E-state index contributed by atoms with van der Waals surface area (Å²) in [6.07, 6.45) is -0.121. The SMILES string of the molecule is C[C@@H](CNC(=O)C[C@H](Cc1ccc(Cl)cc1)N(C)C(=O)[C@@H](N)CC(=O)OC(C)(C)C)N(C)C(=O)[C@@H](CC(=O)O)Cc1ccccc1. The van der Waals surface area contributed by atoms with Gasteiger partial charge < -0.3 is 30.7 Å². The maximum absolute atomic E-state index is 13.3. The summed E-state index contributed by atoms with van der Waals surface area (Å²) in [5.74, 6) is -3.65. The third kappa shape index (κ3) is 13.2. The Morgan fingerprint density at radius 1 is 0.870 bits per heavy atom. The molecule has 11 nitrogen and oxygen atoms in total. The zero-order valence-corrected chi connectivity index (χ0v) is 28.3. The molecule has 0 unspecified atom stereocenters. The number of carbonyl (C=O) groups excluding carboxylic acids is 4. The minimum absolute atomic E-state index is 0.0793. The summed E-state index contributed by atoms with van der Waals surface area (Å²) in [4.78, 5) is 66.4. The quantitative estimate of drug-likeness (QED) is 0.231. The van der Waals surface area contributed by atoms with Gasteiger partial charge in [-0.15, -0.1) is 0 Å². The predicted molar refractivity (Wildman–Crippen MR) is 176 cm³/mol. The second-order valence-electron chi connectivity index (χ2n) is 12.6. The van der Waals surface area contributed by atoms with E-state index >= 15 is 0 Å². The number of nitrogens with two attached hydrogens (primary N) is 1. The number of nitrogens with one attached hydrogen (secondary N) is 1. The summed E-state index contributed by atoms with van der Waals surface area (Å²) in [5, 5.41) is 12.8. The monoisotopic (exact) mass is 658 g/mol. The maximum Gasteiger partial charge on any atom is 0.308 e. The van der Waals surface area contributed by atoms with E-state index in [1.54, 1.807) is 59.0 Å². The van der Waals surface area contributed by atoms with Crippen molar-refractivity contribution in [3.8, 4) is 0 Å². The molecule has 4 atom stereocenters. The lowest BCUT2D eigenvalue weighted by Gasteiger charge is -2.31. The van der Waals surface area contributed by atoms with E-state index in [4.69, 9.17) is 22.1 Å². The first-order valence-corrected chi connectivity index (χ1v) is 15.6. The number of hydrogen-bond acceptors (Lipinski definition) is 7. The first kappa shape index (κ1) is 38.2. The van der Waals surface area contributed by atoms with Gasteiger partial charge in [0.15, 0.2) is 0 Å². The number of ether oxygens (including phenoxy) is 1. The van der Waals surface area contributed by atoms with Crippen LogP contribution in [0.25, 0.3) is 0 Å². The van der Waals surface area contributed by atoms with E-state index in [0.717, 1.165) is 11.1 Å². The van der Waals surface area contributed by atoms with Crippen LogP contribution in [0.3, 0.4) is 0 Å². The molecule has 2 rings (SSSR count). The lowest BCUT2D eigenvalue weighted by molar-refractivity contribution is -0.157. The number of rotatable bonds is 16. The summed E-state index contributed by atoms with van der Waals surface area (Å²) in [7, 11) is 3.12. The van der Waals surface area contributed by atoms with Crippen LogP contribution in [0.15, 0.2) is 54.6 Å². The van der Waals surface area contributed by atoms with Gasteiger partial charge in [0.2, 0.25) is 17.7 Å². The molecule has 4 N–H and O–H groups in total. The van der Waals surface area contributed by atoms with Crippen molar-refractivity contribution in [1.82, 2.24) is 15.1 Å². The molecule has 0 aliphatic carbocycles. The fourth-order valence-electron chi connectivity index (χ4n) is 4.88. The van der Waals surface area contributed by atoms with Crippen LogP contribution in [0.4, 0.5) is 0 Å². The number of benzene rings is 2. The molecule has 0 radical (unpaired) electrons. The van der Waals surface area contributed by atoms with E-state index in [-0.39, 0.29) is 44.0 Å². The summed E-state index contributed by atoms with van der Waals surface area (Å²) in [6.45, 7) is 7.03. The molecule has 252 valence electrons. The van der Waals surface area contributed by atoms with Gasteiger partial charge in [-0.1, -0.05) is 54.1 Å². The number of nitrogens with zero attached hydrogens (tertiary/aromatic N) is 2. The Labute approximate surface area is 276 Å². The smallest absolute Gasteiger partial charge is 0.308 e. The van der Waals surface area contributed by atoms with Gasteiger partial charge in [-0.05, 0) is 63.8 Å². The van der Waals surface area contributed by atoms with E-state index in [1.165, 1.54) is 16.8 Å². The summed E-state index contributed by atoms with van der Waals surface area (Å²) >= 11 is 6.04. The van der Waals surface area contributed by atoms with E-state index in [0.29, 0.717) is 11.4 Å². The fraction of sp³-hybridized carbons (Fsp3) is 0.500. The topological polar surface area (TPSA) is 159 Å². The second kappa shape index (κ2) is 17.7. The van der Waals surface area contributed by atoms with Crippen molar-refractivity contribution in [1.29, 1.82) is 0 Å². The molecular weight excluding hydrogens is 612 g/mol. The molecule has 2 aromatic carbocycles. The number of hydrogen-bond donors (Lipinski definition) is 3. The molecule has 0 aliphatic heterocycles. The second-order valence-corrected chi connectivity index (χ2v) is 13.1. The molecule has 0 heterocycles. The van der Waals surface area contributed by atoms with Crippen molar-refractivity contribution < 1.29 is 33.8 Å². The van der Waals surface area contributed by atoms with Gasteiger partial charge in [0.25, 0.3) is 0 Å². The molecule has 46 heavy (non-hydrogen) atoms. The van der Waals surface area contributed by atoms with Gasteiger partial charge >= 0.3 is 11.9 Å². The Kier molecular flexibility index (Phi) is 14.7. The summed E-state index contributed by atoms with van der Waals surface area (Å²) in [5.41, 5.74) is 7.06. The van der Waals surface area contributed by atoms with Crippen molar-refractivity contribution in [3.63, 3.8) is 0 Å². The zero-order valence-electron chi connectivity index (χ0n) is 27.5. The molecule has 0 aliphatic rings. The van der Waals surface area contributed by atoms with Crippen molar-refractivity contribution in [2.24, 2.45) is 11.7 Å². The Balaban J connectivity index is 2.09. The standard InChI is InChI=1S/C34H47ClN4O7/c1-22(38(5)32(44)25(18-30(41)42)16-23-10-8-7-9-11-23)21-37-29(40)19-27(17-24-12-14-26(35)15-13-24)39(6)33(45)28(36)20-31(43)46-34(2,3)4/h7-15,22,25,27-28H,16-21,36H2,1-6H3,(H,37,40)(H,41,42)/t22-,25+,27-,28-/m0/s1. The van der Waals surface area contributed by atoms with Gasteiger partial charge in [-0.2, -0.15) is 0 Å². The third-order valence-corrected chi connectivity index (χ3v) is 7.78. The molecule has 0 spiro atoms. The average molecular weight is 659 g/mol. The van der Waals surface area contributed by atoms with Crippen molar-refractivity contribution >= 4 is 41.3 Å². The first-order chi connectivity index (χ1) is 21.5. The zero-order chi connectivity index (χ0) is 34.6. The van der Waals surface area contributed by atoms with Crippen molar-refractivity contribution in [3.05, 3.63) is 70.7 Å². The third-order valence-electron chi connectivity index (χ3n) is 7.52. The Morgan fingerprint density at radius 3 is 2.02 bits per heavy atom. The number of likely N-dealkylation sites (N-methyl/N-ethyl adjacent to an activating group) is 2. The molecule has 0 saturated heterocycles. The van der Waals surface area contributed by atoms with Crippen LogP contribution in [0.5, 0.6) is 0 Å². The average Bonchev–Trinajstić information content (AvgIpc) is 2.98. The number of amides is 3. The molecule has 0 bridgehead atoms. The normalized spacial score (nSPS) is 13.9. The number of halogens is 1. The maximum atomic E-state index is 13.3. The van der Waals surface area contributed by atoms with Crippen LogP contribution in [-0.2, 0) is 41.6 Å². The minimum Gasteiger partial charge on any atom is -0.481 e. The van der Waals surface area contributed by atoms with E-state index < -0.39 is 47.5 Å². The van der Waals surface area contributed by atoms with Crippen molar-refractivity contribution in [2.45, 2.75) is 83.5 Å². The minimum atomic E-state index is -1.16. The first-order valence-electron chi connectivity index (χ1n) is 15.2. The highest BCUT2D eigenvalue weighted by Gasteiger charge is 2.31. The van der Waals surface area contributed by atoms with Crippen LogP contribution < -0.4 is 11.1 Å². The largest absolute Gasteiger partial charge is 0.481 e. The van der Waals surface area contributed by atoms with Gasteiger partial charge in [-0.3, -0.25) is 24.0 Å². The fourth-order valence-corrected chi connectivity index (χ4v) is 5.00. The highest BCUT2D eigenvalue weighted by Crippen LogP contribution is 2.18. The number of esters is 1. The predicted octanol–water partition coefficient (Wildman–Crippen LogP) is 3.46. The van der Waals surface area contributed by atoms with Gasteiger partial charge in [0.1, 0.15) is 5.60 Å². The number of carboxylic acids is 1. The highest BCUT2D eigenvalue weighted by atomic mass is 35.5. The van der Waals surface area contributed by atoms with Crippen LogP contribution in [0, 0.1) is 5.92 Å². The Hall–Kier alpha value is -3.96. The van der Waals surface area contributed by atoms with E-state index in [9.17, 15) is 29.1 Å². The Bertz CT molecular complexity index is 1330.